The van der Waals surface area contributed by atoms with E-state index in [0.29, 0.717) is 12.1 Å². The van der Waals surface area contributed by atoms with E-state index >= 15 is 0 Å². The van der Waals surface area contributed by atoms with E-state index in [4.69, 9.17) is 0 Å². The average Bonchev–Trinajstić information content (AvgIpc) is 2.29. The van der Waals surface area contributed by atoms with Gasteiger partial charge in [-0.05, 0) is 18.6 Å². The molecule has 0 heterocycles. The second-order valence-electron chi connectivity index (χ2n) is 3.76. The maximum atomic E-state index is 12.4. The number of nitrogens with one attached hydrogen (secondary N) is 2. The van der Waals surface area contributed by atoms with E-state index in [9.17, 15) is 18.0 Å². The lowest BCUT2D eigenvalue weighted by atomic mass is 10.1. The standard InChI is InChI=1S/C12H15F3N2O/c1-2-17-11(18)8-16-7-9-4-3-5-10(6-9)12(13,14)15/h3-6,16H,2,7-8H2,1H3,(H,17,18). The van der Waals surface area contributed by atoms with Gasteiger partial charge >= 0.3 is 6.18 Å². The molecule has 0 spiro atoms. The third-order valence-electron chi connectivity index (χ3n) is 2.24. The number of alkyl halides is 3. The highest BCUT2D eigenvalue weighted by Crippen LogP contribution is 2.29. The topological polar surface area (TPSA) is 41.1 Å². The Kier molecular flexibility index (Phi) is 5.15. The number of amides is 1. The van der Waals surface area contributed by atoms with Gasteiger partial charge in [-0.1, -0.05) is 18.2 Å². The fourth-order valence-electron chi connectivity index (χ4n) is 1.44. The van der Waals surface area contributed by atoms with Gasteiger partial charge in [-0.25, -0.2) is 0 Å². The number of hydrogen-bond acceptors (Lipinski definition) is 2. The van der Waals surface area contributed by atoms with Crippen LogP contribution in [0.4, 0.5) is 13.2 Å². The van der Waals surface area contributed by atoms with E-state index in [0.717, 1.165) is 12.1 Å². The molecule has 0 bridgehead atoms. The van der Waals surface area contributed by atoms with Crippen LogP contribution in [-0.4, -0.2) is 19.0 Å². The first-order valence-electron chi connectivity index (χ1n) is 5.57. The van der Waals surface area contributed by atoms with Gasteiger partial charge in [-0.3, -0.25) is 4.79 Å². The summed E-state index contributed by atoms with van der Waals surface area (Å²) in [5.41, 5.74) is -0.186. The second kappa shape index (κ2) is 6.39. The van der Waals surface area contributed by atoms with Gasteiger partial charge in [-0.2, -0.15) is 13.2 Å². The molecule has 0 unspecified atom stereocenters. The molecule has 1 aromatic rings. The van der Waals surface area contributed by atoms with Crippen molar-refractivity contribution in [2.24, 2.45) is 0 Å². The number of carbonyl (C=O) groups excluding carboxylic acids is 1. The van der Waals surface area contributed by atoms with E-state index in [-0.39, 0.29) is 19.0 Å². The summed E-state index contributed by atoms with van der Waals surface area (Å²) >= 11 is 0. The van der Waals surface area contributed by atoms with Crippen LogP contribution < -0.4 is 10.6 Å². The molecule has 100 valence electrons. The molecule has 2 N–H and O–H groups in total. The number of likely N-dealkylation sites (N-methyl/N-ethyl adjacent to an activating group) is 1. The molecule has 0 aliphatic carbocycles. The summed E-state index contributed by atoms with van der Waals surface area (Å²) in [7, 11) is 0. The van der Waals surface area contributed by atoms with Crippen LogP contribution in [0, 0.1) is 0 Å². The van der Waals surface area contributed by atoms with Crippen LogP contribution in [0.1, 0.15) is 18.1 Å². The summed E-state index contributed by atoms with van der Waals surface area (Å²) < 4.78 is 37.3. The second-order valence-corrected chi connectivity index (χ2v) is 3.76. The molecule has 0 aliphatic rings. The first-order valence-corrected chi connectivity index (χ1v) is 5.57. The Bertz CT molecular complexity index is 405. The maximum Gasteiger partial charge on any atom is 0.416 e. The summed E-state index contributed by atoms with van der Waals surface area (Å²) in [4.78, 5) is 11.1. The van der Waals surface area contributed by atoms with E-state index in [1.165, 1.54) is 6.07 Å². The smallest absolute Gasteiger partial charge is 0.355 e. The third-order valence-corrected chi connectivity index (χ3v) is 2.24. The first kappa shape index (κ1) is 14.5. The Morgan fingerprint density at radius 1 is 1.33 bits per heavy atom. The highest BCUT2D eigenvalue weighted by atomic mass is 19.4. The Balaban J connectivity index is 2.51. The average molecular weight is 260 g/mol. The molecular weight excluding hydrogens is 245 g/mol. The van der Waals surface area contributed by atoms with Gasteiger partial charge in [0.25, 0.3) is 0 Å². The predicted molar refractivity (Wildman–Crippen MR) is 61.8 cm³/mol. The molecule has 3 nitrogen and oxygen atoms in total. The molecule has 6 heteroatoms. The van der Waals surface area contributed by atoms with Crippen LogP contribution >= 0.6 is 0 Å². The Morgan fingerprint density at radius 3 is 2.67 bits per heavy atom. The Hall–Kier alpha value is -1.56. The Labute approximate surface area is 103 Å². The van der Waals surface area contributed by atoms with Crippen molar-refractivity contribution in [1.29, 1.82) is 0 Å². The van der Waals surface area contributed by atoms with E-state index in [1.807, 2.05) is 0 Å². The number of benzene rings is 1. The first-order chi connectivity index (χ1) is 8.43. The van der Waals surface area contributed by atoms with Crippen molar-refractivity contribution >= 4 is 5.91 Å². The van der Waals surface area contributed by atoms with E-state index < -0.39 is 11.7 Å². The van der Waals surface area contributed by atoms with Crippen LogP contribution in [0.25, 0.3) is 0 Å². The van der Waals surface area contributed by atoms with Crippen molar-refractivity contribution in [3.63, 3.8) is 0 Å². The minimum Gasteiger partial charge on any atom is -0.355 e. The van der Waals surface area contributed by atoms with Crippen molar-refractivity contribution < 1.29 is 18.0 Å². The van der Waals surface area contributed by atoms with Crippen LogP contribution in [0.5, 0.6) is 0 Å². The summed E-state index contributed by atoms with van der Waals surface area (Å²) in [5.74, 6) is -0.176. The normalized spacial score (nSPS) is 11.3. The Morgan fingerprint density at radius 2 is 2.06 bits per heavy atom. The van der Waals surface area contributed by atoms with Gasteiger partial charge in [0.2, 0.25) is 5.91 Å². The lowest BCUT2D eigenvalue weighted by Crippen LogP contribution is -2.33. The third kappa shape index (κ3) is 4.75. The summed E-state index contributed by atoms with van der Waals surface area (Å²) in [6.07, 6.45) is -4.34. The van der Waals surface area contributed by atoms with Gasteiger partial charge in [-0.15, -0.1) is 0 Å². The monoisotopic (exact) mass is 260 g/mol. The summed E-state index contributed by atoms with van der Waals surface area (Å²) in [5, 5.41) is 5.37. The largest absolute Gasteiger partial charge is 0.416 e. The summed E-state index contributed by atoms with van der Waals surface area (Å²) in [6, 6.07) is 5.03. The summed E-state index contributed by atoms with van der Waals surface area (Å²) in [6.45, 7) is 2.64. The number of rotatable bonds is 5. The number of hydrogen-bond donors (Lipinski definition) is 2. The van der Waals surface area contributed by atoms with Gasteiger partial charge < -0.3 is 10.6 Å². The van der Waals surface area contributed by atoms with Crippen LogP contribution in [0.2, 0.25) is 0 Å². The number of halogens is 3. The number of carbonyl (C=O) groups is 1. The molecule has 0 atom stereocenters. The van der Waals surface area contributed by atoms with Crippen molar-refractivity contribution in [3.8, 4) is 0 Å². The van der Waals surface area contributed by atoms with Crippen molar-refractivity contribution in [2.45, 2.75) is 19.6 Å². The zero-order valence-electron chi connectivity index (χ0n) is 9.97. The minimum atomic E-state index is -4.34. The van der Waals surface area contributed by atoms with Crippen LogP contribution in [-0.2, 0) is 17.5 Å². The predicted octanol–water partition coefficient (Wildman–Crippen LogP) is 1.93. The SMILES string of the molecule is CCNC(=O)CNCc1cccc(C(F)(F)F)c1. The maximum absolute atomic E-state index is 12.4. The fourth-order valence-corrected chi connectivity index (χ4v) is 1.44. The van der Waals surface area contributed by atoms with E-state index in [2.05, 4.69) is 10.6 Å². The lowest BCUT2D eigenvalue weighted by Gasteiger charge is -2.09. The molecule has 1 rings (SSSR count). The quantitative estimate of drug-likeness (QED) is 0.849. The molecule has 18 heavy (non-hydrogen) atoms. The highest BCUT2D eigenvalue weighted by Gasteiger charge is 2.30. The zero-order valence-corrected chi connectivity index (χ0v) is 9.97. The van der Waals surface area contributed by atoms with Gasteiger partial charge in [0, 0.05) is 13.1 Å². The lowest BCUT2D eigenvalue weighted by molar-refractivity contribution is -0.137. The van der Waals surface area contributed by atoms with Gasteiger partial charge in [0.05, 0.1) is 12.1 Å². The highest BCUT2D eigenvalue weighted by molar-refractivity contribution is 5.77. The molecule has 0 radical (unpaired) electrons. The van der Waals surface area contributed by atoms with Crippen molar-refractivity contribution in [2.75, 3.05) is 13.1 Å². The molecule has 0 saturated heterocycles. The molecule has 0 aliphatic heterocycles. The fraction of sp³-hybridized carbons (Fsp3) is 0.417. The minimum absolute atomic E-state index is 0.0874. The molecule has 0 fully saturated rings. The van der Waals surface area contributed by atoms with Gasteiger partial charge in [0.15, 0.2) is 0 Å². The molecule has 0 saturated carbocycles. The van der Waals surface area contributed by atoms with Crippen molar-refractivity contribution in [3.05, 3.63) is 35.4 Å². The van der Waals surface area contributed by atoms with Crippen LogP contribution in [0.3, 0.4) is 0 Å². The van der Waals surface area contributed by atoms with Crippen molar-refractivity contribution in [1.82, 2.24) is 10.6 Å². The molecule has 0 aromatic heterocycles. The van der Waals surface area contributed by atoms with E-state index in [1.54, 1.807) is 13.0 Å². The molecule has 1 aromatic carbocycles. The zero-order chi connectivity index (χ0) is 13.6. The molecular formula is C12H15F3N2O. The van der Waals surface area contributed by atoms with Crippen LogP contribution in [0.15, 0.2) is 24.3 Å². The van der Waals surface area contributed by atoms with Gasteiger partial charge in [0.1, 0.15) is 0 Å². The molecule has 1 amide bonds.